The number of nitrogens with one attached hydrogen (secondary N) is 1. The van der Waals surface area contributed by atoms with Crippen LogP contribution in [0.1, 0.15) is 21.7 Å². The van der Waals surface area contributed by atoms with Crippen molar-refractivity contribution in [2.45, 2.75) is 6.18 Å². The van der Waals surface area contributed by atoms with E-state index < -0.39 is 17.6 Å². The number of carbonyl (C=O) groups is 1. The molecule has 0 spiro atoms. The van der Waals surface area contributed by atoms with Gasteiger partial charge < -0.3 is 4.42 Å². The number of benzene rings is 2. The van der Waals surface area contributed by atoms with Crippen LogP contribution in [-0.4, -0.2) is 12.1 Å². The highest BCUT2D eigenvalue weighted by Gasteiger charge is 2.30. The fraction of sp³-hybridized carbons (Fsp3) is 0.0526. The molecule has 0 atom stereocenters. The maximum Gasteiger partial charge on any atom is 0.416 e. The van der Waals surface area contributed by atoms with Crippen molar-refractivity contribution in [3.05, 3.63) is 83.4 Å². The maximum absolute atomic E-state index is 12.9. The van der Waals surface area contributed by atoms with Crippen molar-refractivity contribution in [2.75, 3.05) is 0 Å². The van der Waals surface area contributed by atoms with Gasteiger partial charge in [0.25, 0.3) is 5.91 Å². The molecule has 2 aromatic carbocycles. The molecular weight excluding hydrogens is 364 g/mol. The van der Waals surface area contributed by atoms with Gasteiger partial charge in [0, 0.05) is 11.1 Å². The number of rotatable bonds is 4. The van der Waals surface area contributed by atoms with Crippen LogP contribution in [0.2, 0.25) is 0 Å². The Kier molecular flexibility index (Phi) is 5.07. The third-order valence-electron chi connectivity index (χ3n) is 3.57. The van der Waals surface area contributed by atoms with Crippen molar-refractivity contribution >= 4 is 12.1 Å². The van der Waals surface area contributed by atoms with Crippen molar-refractivity contribution < 1.29 is 26.8 Å². The molecule has 0 aliphatic carbocycles. The van der Waals surface area contributed by atoms with Crippen LogP contribution < -0.4 is 5.43 Å². The highest BCUT2D eigenvalue weighted by atomic mass is 19.4. The van der Waals surface area contributed by atoms with Crippen molar-refractivity contribution in [1.82, 2.24) is 5.43 Å². The van der Waals surface area contributed by atoms with E-state index in [9.17, 15) is 22.4 Å². The number of halogens is 4. The van der Waals surface area contributed by atoms with Crippen LogP contribution in [-0.2, 0) is 6.18 Å². The topological polar surface area (TPSA) is 54.6 Å². The Morgan fingerprint density at radius 3 is 2.48 bits per heavy atom. The van der Waals surface area contributed by atoms with Crippen LogP contribution in [0.5, 0.6) is 0 Å². The monoisotopic (exact) mass is 376 g/mol. The quantitative estimate of drug-likeness (QED) is 0.401. The maximum atomic E-state index is 12.9. The molecule has 27 heavy (non-hydrogen) atoms. The van der Waals surface area contributed by atoms with Crippen molar-refractivity contribution in [1.29, 1.82) is 0 Å². The first-order valence-corrected chi connectivity index (χ1v) is 7.69. The van der Waals surface area contributed by atoms with Crippen LogP contribution in [0.15, 0.2) is 70.2 Å². The van der Waals surface area contributed by atoms with E-state index >= 15 is 0 Å². The second kappa shape index (κ2) is 7.45. The summed E-state index contributed by atoms with van der Waals surface area (Å²) in [6, 6.07) is 12.9. The van der Waals surface area contributed by atoms with E-state index in [1.807, 2.05) is 0 Å². The van der Waals surface area contributed by atoms with E-state index in [1.165, 1.54) is 24.4 Å². The van der Waals surface area contributed by atoms with Crippen molar-refractivity contribution in [3.8, 4) is 11.3 Å². The summed E-state index contributed by atoms with van der Waals surface area (Å²) in [4.78, 5) is 11.9. The Hall–Kier alpha value is -3.42. The Morgan fingerprint density at radius 1 is 1.04 bits per heavy atom. The third-order valence-corrected chi connectivity index (χ3v) is 3.57. The fourth-order valence-corrected chi connectivity index (χ4v) is 2.25. The first kappa shape index (κ1) is 18.4. The number of nitrogens with zero attached hydrogens (tertiary/aromatic N) is 1. The lowest BCUT2D eigenvalue weighted by Gasteiger charge is -2.07. The lowest BCUT2D eigenvalue weighted by Crippen LogP contribution is -2.18. The molecule has 0 bridgehead atoms. The number of hydrogen-bond donors (Lipinski definition) is 1. The molecule has 0 aliphatic rings. The Labute approximate surface area is 151 Å². The van der Waals surface area contributed by atoms with E-state index in [4.69, 9.17) is 4.42 Å². The molecule has 1 aromatic heterocycles. The molecule has 0 radical (unpaired) electrons. The summed E-state index contributed by atoms with van der Waals surface area (Å²) < 4.78 is 56.4. The zero-order valence-corrected chi connectivity index (χ0v) is 13.6. The molecule has 1 heterocycles. The summed E-state index contributed by atoms with van der Waals surface area (Å²) >= 11 is 0. The largest absolute Gasteiger partial charge is 0.455 e. The molecule has 0 unspecified atom stereocenters. The number of carbonyl (C=O) groups excluding carboxylic acids is 1. The van der Waals surface area contributed by atoms with Crippen LogP contribution in [0.25, 0.3) is 11.3 Å². The van der Waals surface area contributed by atoms with E-state index in [1.54, 1.807) is 24.3 Å². The molecule has 3 rings (SSSR count). The van der Waals surface area contributed by atoms with Gasteiger partial charge in [0.05, 0.1) is 11.8 Å². The molecule has 0 saturated carbocycles. The van der Waals surface area contributed by atoms with Gasteiger partial charge in [-0.1, -0.05) is 6.07 Å². The first-order chi connectivity index (χ1) is 12.8. The van der Waals surface area contributed by atoms with Gasteiger partial charge in [-0.2, -0.15) is 18.3 Å². The minimum Gasteiger partial charge on any atom is -0.455 e. The number of alkyl halides is 3. The lowest BCUT2D eigenvalue weighted by atomic mass is 10.1. The van der Waals surface area contributed by atoms with Crippen LogP contribution in [0.3, 0.4) is 0 Å². The van der Waals surface area contributed by atoms with Gasteiger partial charge in [-0.05, 0) is 54.6 Å². The molecule has 3 aromatic rings. The van der Waals surface area contributed by atoms with Gasteiger partial charge >= 0.3 is 6.18 Å². The normalized spacial score (nSPS) is 11.7. The Balaban J connectivity index is 1.66. The molecule has 0 saturated heterocycles. The second-order valence-corrected chi connectivity index (χ2v) is 5.49. The number of furan rings is 1. The lowest BCUT2D eigenvalue weighted by molar-refractivity contribution is -0.137. The van der Waals surface area contributed by atoms with Crippen LogP contribution in [0, 0.1) is 5.82 Å². The molecule has 0 fully saturated rings. The van der Waals surface area contributed by atoms with Gasteiger partial charge in [0.15, 0.2) is 0 Å². The van der Waals surface area contributed by atoms with Gasteiger partial charge in [-0.25, -0.2) is 9.82 Å². The highest BCUT2D eigenvalue weighted by Crippen LogP contribution is 2.29. The van der Waals surface area contributed by atoms with Crippen LogP contribution in [0.4, 0.5) is 17.6 Å². The van der Waals surface area contributed by atoms with Gasteiger partial charge in [0.1, 0.15) is 17.3 Å². The minimum atomic E-state index is -4.54. The van der Waals surface area contributed by atoms with E-state index in [2.05, 4.69) is 10.5 Å². The predicted molar refractivity (Wildman–Crippen MR) is 90.6 cm³/mol. The smallest absolute Gasteiger partial charge is 0.416 e. The molecule has 1 amide bonds. The Bertz CT molecular complexity index is 976. The average molecular weight is 376 g/mol. The second-order valence-electron chi connectivity index (χ2n) is 5.49. The predicted octanol–water partition coefficient (Wildman–Crippen LogP) is 4.87. The SMILES string of the molecule is O=C(N/N=C\c1ccc(-c2ccc(F)cc2)o1)c1cccc(C(F)(F)F)c1. The summed E-state index contributed by atoms with van der Waals surface area (Å²) in [6.45, 7) is 0. The minimum absolute atomic E-state index is 0.173. The van der Waals surface area contributed by atoms with Gasteiger partial charge in [-0.15, -0.1) is 0 Å². The van der Waals surface area contributed by atoms with Crippen LogP contribution >= 0.6 is 0 Å². The summed E-state index contributed by atoms with van der Waals surface area (Å²) in [6.07, 6.45) is -3.33. The number of amides is 1. The number of hydrazone groups is 1. The van der Waals surface area contributed by atoms with Crippen molar-refractivity contribution in [2.24, 2.45) is 5.10 Å². The molecule has 8 heteroatoms. The molecule has 1 N–H and O–H groups in total. The van der Waals surface area contributed by atoms with Gasteiger partial charge in [-0.3, -0.25) is 4.79 Å². The third kappa shape index (κ3) is 4.60. The summed E-state index contributed by atoms with van der Waals surface area (Å²) in [5.41, 5.74) is 1.70. The number of hydrogen-bond acceptors (Lipinski definition) is 3. The van der Waals surface area contributed by atoms with E-state index in [0.717, 1.165) is 18.2 Å². The highest BCUT2D eigenvalue weighted by molar-refractivity contribution is 5.94. The molecule has 4 nitrogen and oxygen atoms in total. The summed E-state index contributed by atoms with van der Waals surface area (Å²) in [7, 11) is 0. The van der Waals surface area contributed by atoms with E-state index in [0.29, 0.717) is 17.1 Å². The summed E-state index contributed by atoms with van der Waals surface area (Å²) in [5.74, 6) is -0.383. The average Bonchev–Trinajstić information content (AvgIpc) is 3.10. The standard InChI is InChI=1S/C19H12F4N2O2/c20-15-6-4-12(5-7-15)17-9-8-16(27-17)11-24-25-18(26)13-2-1-3-14(10-13)19(21,22)23/h1-11H,(H,25,26)/b24-11-. The molecule has 0 aliphatic heterocycles. The first-order valence-electron chi connectivity index (χ1n) is 7.69. The van der Waals surface area contributed by atoms with Gasteiger partial charge in [0.2, 0.25) is 0 Å². The zero-order valence-electron chi connectivity index (χ0n) is 13.6. The fourth-order valence-electron chi connectivity index (χ4n) is 2.25. The molecule has 138 valence electrons. The molecular formula is C19H12F4N2O2. The Morgan fingerprint density at radius 2 is 1.78 bits per heavy atom. The van der Waals surface area contributed by atoms with E-state index in [-0.39, 0.29) is 11.4 Å². The zero-order chi connectivity index (χ0) is 19.4. The summed E-state index contributed by atoms with van der Waals surface area (Å²) in [5, 5.41) is 3.67. The van der Waals surface area contributed by atoms with Crippen molar-refractivity contribution in [3.63, 3.8) is 0 Å².